The topological polar surface area (TPSA) is 55.4 Å². The molecule has 4 nitrogen and oxygen atoms in total. The van der Waals surface area contributed by atoms with E-state index in [1.165, 1.54) is 0 Å². The summed E-state index contributed by atoms with van der Waals surface area (Å²) in [5.41, 5.74) is 0.860. The number of imide groups is 1. The molecule has 1 N–H and O–H groups in total. The second-order valence-corrected chi connectivity index (χ2v) is 5.10. The van der Waals surface area contributed by atoms with Gasteiger partial charge in [0, 0.05) is 0 Å². The fourth-order valence-electron chi connectivity index (χ4n) is 1.49. The number of hydrogen-bond acceptors (Lipinski definition) is 4. The van der Waals surface area contributed by atoms with E-state index in [4.69, 9.17) is 4.74 Å². The van der Waals surface area contributed by atoms with E-state index in [2.05, 4.69) is 5.32 Å². The van der Waals surface area contributed by atoms with Crippen molar-refractivity contribution in [1.82, 2.24) is 5.32 Å². The summed E-state index contributed by atoms with van der Waals surface area (Å²) in [5, 5.41) is 1.89. The third-order valence-corrected chi connectivity index (χ3v) is 3.00. The first-order chi connectivity index (χ1) is 8.54. The van der Waals surface area contributed by atoms with Crippen molar-refractivity contribution in [3.05, 3.63) is 34.7 Å². The Balaban J connectivity index is 2.13. The van der Waals surface area contributed by atoms with Gasteiger partial charge in [0.15, 0.2) is 0 Å². The average molecular weight is 263 g/mol. The van der Waals surface area contributed by atoms with E-state index in [1.54, 1.807) is 6.08 Å². The van der Waals surface area contributed by atoms with E-state index in [0.717, 1.165) is 23.1 Å². The van der Waals surface area contributed by atoms with Crippen LogP contribution in [0.2, 0.25) is 0 Å². The van der Waals surface area contributed by atoms with Gasteiger partial charge in [-0.15, -0.1) is 0 Å². The van der Waals surface area contributed by atoms with Crippen molar-refractivity contribution in [3.8, 4) is 5.75 Å². The maximum atomic E-state index is 11.4. The van der Waals surface area contributed by atoms with Gasteiger partial charge in [-0.05, 0) is 49.4 Å². The van der Waals surface area contributed by atoms with Gasteiger partial charge < -0.3 is 4.74 Å². The fourth-order valence-corrected chi connectivity index (χ4v) is 2.17. The maximum Gasteiger partial charge on any atom is 0.290 e. The Labute approximate surface area is 109 Å². The first-order valence-electron chi connectivity index (χ1n) is 5.56. The Bertz CT molecular complexity index is 505. The minimum Gasteiger partial charge on any atom is -0.491 e. The lowest BCUT2D eigenvalue weighted by Gasteiger charge is -2.09. The highest BCUT2D eigenvalue weighted by atomic mass is 32.2. The second-order valence-electron chi connectivity index (χ2n) is 4.09. The lowest BCUT2D eigenvalue weighted by molar-refractivity contribution is -0.115. The number of rotatable bonds is 3. The van der Waals surface area contributed by atoms with E-state index in [9.17, 15) is 9.59 Å². The zero-order chi connectivity index (χ0) is 13.1. The molecule has 1 aliphatic heterocycles. The van der Waals surface area contributed by atoms with Crippen LogP contribution in [0.3, 0.4) is 0 Å². The molecule has 2 rings (SSSR count). The molecule has 0 aromatic heterocycles. The summed E-state index contributed by atoms with van der Waals surface area (Å²) in [6, 6.07) is 7.38. The molecule has 18 heavy (non-hydrogen) atoms. The Kier molecular flexibility index (Phi) is 3.72. The van der Waals surface area contributed by atoms with E-state index in [0.29, 0.717) is 4.91 Å². The number of amides is 2. The summed E-state index contributed by atoms with van der Waals surface area (Å²) < 4.78 is 5.52. The van der Waals surface area contributed by atoms with E-state index >= 15 is 0 Å². The van der Waals surface area contributed by atoms with Crippen molar-refractivity contribution in [3.63, 3.8) is 0 Å². The smallest absolute Gasteiger partial charge is 0.290 e. The molecule has 1 heterocycles. The maximum absolute atomic E-state index is 11.4. The van der Waals surface area contributed by atoms with Crippen LogP contribution < -0.4 is 10.1 Å². The molecular formula is C13H13NO3S. The minimum absolute atomic E-state index is 0.128. The van der Waals surface area contributed by atoms with Crippen LogP contribution in [0.4, 0.5) is 4.79 Å². The van der Waals surface area contributed by atoms with E-state index in [1.807, 2.05) is 38.1 Å². The predicted molar refractivity (Wildman–Crippen MR) is 71.3 cm³/mol. The second kappa shape index (κ2) is 5.27. The summed E-state index contributed by atoms with van der Waals surface area (Å²) >= 11 is 0.914. The molecule has 0 bridgehead atoms. The number of nitrogens with one attached hydrogen (secondary N) is 1. The quantitative estimate of drug-likeness (QED) is 0.852. The van der Waals surface area contributed by atoms with Crippen LogP contribution in [0.25, 0.3) is 6.08 Å². The molecule has 0 saturated carbocycles. The lowest BCUT2D eigenvalue weighted by atomic mass is 10.2. The van der Waals surface area contributed by atoms with Gasteiger partial charge >= 0.3 is 0 Å². The normalized spacial score (nSPS) is 17.4. The standard InChI is InChI=1S/C13H13NO3S/c1-8(2)17-10-5-3-9(4-6-10)7-11-12(15)14-13(16)18-11/h3-8H,1-2H3,(H,14,15,16)/b11-7+. The highest BCUT2D eigenvalue weighted by molar-refractivity contribution is 8.18. The molecule has 94 valence electrons. The zero-order valence-corrected chi connectivity index (χ0v) is 10.9. The van der Waals surface area contributed by atoms with Gasteiger partial charge in [0.25, 0.3) is 11.1 Å². The van der Waals surface area contributed by atoms with Crippen LogP contribution in [0.15, 0.2) is 29.2 Å². The molecule has 0 spiro atoms. The number of ether oxygens (including phenoxy) is 1. The molecule has 2 amide bonds. The van der Waals surface area contributed by atoms with Crippen molar-refractivity contribution in [1.29, 1.82) is 0 Å². The summed E-state index contributed by atoms with van der Waals surface area (Å²) in [5.74, 6) is 0.444. The average Bonchev–Trinajstić information content (AvgIpc) is 2.59. The minimum atomic E-state index is -0.340. The van der Waals surface area contributed by atoms with Crippen LogP contribution in [-0.4, -0.2) is 17.3 Å². The number of carbonyl (C=O) groups excluding carboxylic acids is 2. The van der Waals surface area contributed by atoms with Crippen LogP contribution in [0.1, 0.15) is 19.4 Å². The molecule has 0 aliphatic carbocycles. The zero-order valence-electron chi connectivity index (χ0n) is 10.1. The molecule has 0 unspecified atom stereocenters. The van der Waals surface area contributed by atoms with Crippen molar-refractivity contribution < 1.29 is 14.3 Å². The Hall–Kier alpha value is -1.75. The van der Waals surface area contributed by atoms with E-state index < -0.39 is 0 Å². The molecule has 0 radical (unpaired) electrons. The molecule has 1 aliphatic rings. The largest absolute Gasteiger partial charge is 0.491 e. The summed E-state index contributed by atoms with van der Waals surface area (Å²) in [6.07, 6.45) is 1.81. The van der Waals surface area contributed by atoms with Crippen LogP contribution in [0.5, 0.6) is 5.75 Å². The fraction of sp³-hybridized carbons (Fsp3) is 0.231. The third-order valence-electron chi connectivity index (χ3n) is 2.19. The number of benzene rings is 1. The molecule has 1 fully saturated rings. The van der Waals surface area contributed by atoms with Crippen LogP contribution in [-0.2, 0) is 4.79 Å². The predicted octanol–water partition coefficient (Wildman–Crippen LogP) is 2.80. The van der Waals surface area contributed by atoms with Gasteiger partial charge in [0.2, 0.25) is 0 Å². The first-order valence-corrected chi connectivity index (χ1v) is 6.38. The van der Waals surface area contributed by atoms with Gasteiger partial charge in [-0.1, -0.05) is 12.1 Å². The van der Waals surface area contributed by atoms with Crippen LogP contribution in [0, 0.1) is 0 Å². The van der Waals surface area contributed by atoms with Gasteiger partial charge in [-0.2, -0.15) is 0 Å². The molecule has 0 atom stereocenters. The molecule has 1 saturated heterocycles. The highest BCUT2D eigenvalue weighted by Gasteiger charge is 2.24. The van der Waals surface area contributed by atoms with Gasteiger partial charge in [0.05, 0.1) is 11.0 Å². The molecule has 1 aromatic rings. The Morgan fingerprint density at radius 2 is 1.89 bits per heavy atom. The summed E-state index contributed by atoms with van der Waals surface area (Å²) in [7, 11) is 0. The SMILES string of the molecule is CC(C)Oc1ccc(/C=C2/SC(=O)NC2=O)cc1. The van der Waals surface area contributed by atoms with Crippen LogP contribution >= 0.6 is 11.8 Å². The van der Waals surface area contributed by atoms with Gasteiger partial charge in [-0.3, -0.25) is 14.9 Å². The van der Waals surface area contributed by atoms with Crippen molar-refractivity contribution in [2.45, 2.75) is 20.0 Å². The van der Waals surface area contributed by atoms with Crippen molar-refractivity contribution >= 4 is 29.0 Å². The number of thioether (sulfide) groups is 1. The highest BCUT2D eigenvalue weighted by Crippen LogP contribution is 2.26. The molecule has 1 aromatic carbocycles. The number of hydrogen-bond donors (Lipinski definition) is 1. The van der Waals surface area contributed by atoms with Crippen molar-refractivity contribution in [2.75, 3.05) is 0 Å². The Morgan fingerprint density at radius 3 is 2.39 bits per heavy atom. The molecular weight excluding hydrogens is 250 g/mol. The summed E-state index contributed by atoms with van der Waals surface area (Å²) in [6.45, 7) is 3.92. The van der Waals surface area contributed by atoms with Crippen molar-refractivity contribution in [2.24, 2.45) is 0 Å². The van der Waals surface area contributed by atoms with Gasteiger partial charge in [-0.25, -0.2) is 0 Å². The number of carbonyl (C=O) groups is 2. The van der Waals surface area contributed by atoms with Gasteiger partial charge in [0.1, 0.15) is 5.75 Å². The molecule has 5 heteroatoms. The Morgan fingerprint density at radius 1 is 1.22 bits per heavy atom. The summed E-state index contributed by atoms with van der Waals surface area (Å²) in [4.78, 5) is 22.8. The monoisotopic (exact) mass is 263 g/mol. The van der Waals surface area contributed by atoms with E-state index in [-0.39, 0.29) is 17.3 Å². The third kappa shape index (κ3) is 3.13. The lowest BCUT2D eigenvalue weighted by Crippen LogP contribution is -2.17. The first kappa shape index (κ1) is 12.7.